The highest BCUT2D eigenvalue weighted by Gasteiger charge is 2.11. The number of hydrogen-bond acceptors (Lipinski definition) is 3. The third-order valence-corrected chi connectivity index (χ3v) is 3.61. The van der Waals surface area contributed by atoms with Gasteiger partial charge < -0.3 is 14.7 Å². The molecule has 100 valence electrons. The van der Waals surface area contributed by atoms with Gasteiger partial charge in [0, 0.05) is 19.2 Å². The Balaban J connectivity index is 2.26. The Hall–Kier alpha value is -1.68. The second kappa shape index (κ2) is 5.97. The third-order valence-electron chi connectivity index (χ3n) is 2.97. The number of halogens is 1. The average molecular weight is 322 g/mol. The Morgan fingerprint density at radius 1 is 1.16 bits per heavy atom. The zero-order valence-corrected chi connectivity index (χ0v) is 12.5. The van der Waals surface area contributed by atoms with Crippen LogP contribution in [-0.2, 0) is 6.54 Å². The van der Waals surface area contributed by atoms with Crippen LogP contribution in [0.4, 0.5) is 5.69 Å². The summed E-state index contributed by atoms with van der Waals surface area (Å²) in [5.41, 5.74) is 1.85. The number of rotatable bonds is 4. The molecule has 0 atom stereocenters. The Bertz CT molecular complexity index is 572. The van der Waals surface area contributed by atoms with Crippen molar-refractivity contribution in [1.29, 1.82) is 0 Å². The topological polar surface area (TPSA) is 32.7 Å². The van der Waals surface area contributed by atoms with E-state index in [0.29, 0.717) is 11.0 Å². The van der Waals surface area contributed by atoms with Gasteiger partial charge in [0.1, 0.15) is 11.5 Å². The molecule has 0 amide bonds. The largest absolute Gasteiger partial charge is 0.506 e. The Kier molecular flexibility index (Phi) is 4.32. The molecule has 0 aliphatic carbocycles. The summed E-state index contributed by atoms with van der Waals surface area (Å²) in [5, 5.41) is 10.0. The molecule has 0 heterocycles. The van der Waals surface area contributed by atoms with Crippen LogP contribution in [0.2, 0.25) is 0 Å². The summed E-state index contributed by atoms with van der Waals surface area (Å²) in [5.74, 6) is 1.10. The van der Waals surface area contributed by atoms with Crippen LogP contribution >= 0.6 is 15.9 Å². The number of nitrogens with zero attached hydrogens (tertiary/aromatic N) is 1. The fourth-order valence-corrected chi connectivity index (χ4v) is 2.38. The molecule has 0 saturated heterocycles. The van der Waals surface area contributed by atoms with Crippen molar-refractivity contribution in [2.75, 3.05) is 19.1 Å². The van der Waals surface area contributed by atoms with Gasteiger partial charge in [0.15, 0.2) is 0 Å². The first-order valence-electron chi connectivity index (χ1n) is 5.94. The van der Waals surface area contributed by atoms with Gasteiger partial charge in [-0.15, -0.1) is 0 Å². The predicted octanol–water partition coefficient (Wildman–Crippen LogP) is 3.80. The first-order chi connectivity index (χ1) is 9.13. The molecule has 4 heteroatoms. The number of hydrogen-bond donors (Lipinski definition) is 1. The molecule has 2 rings (SSSR count). The lowest BCUT2D eigenvalue weighted by molar-refractivity contribution is 0.414. The van der Waals surface area contributed by atoms with E-state index >= 15 is 0 Å². The molecule has 0 fully saturated rings. The average Bonchev–Trinajstić information content (AvgIpc) is 2.43. The lowest BCUT2D eigenvalue weighted by Crippen LogP contribution is -2.17. The van der Waals surface area contributed by atoms with Gasteiger partial charge >= 0.3 is 0 Å². The fraction of sp³-hybridized carbons (Fsp3) is 0.200. The SMILES string of the molecule is COc1ccccc1N(C)Cc1cccc(Br)c1O. The van der Waals surface area contributed by atoms with Gasteiger partial charge in [0.25, 0.3) is 0 Å². The molecule has 2 aromatic rings. The molecule has 0 aromatic heterocycles. The Morgan fingerprint density at radius 2 is 1.89 bits per heavy atom. The molecule has 0 aliphatic heterocycles. The van der Waals surface area contributed by atoms with Crippen LogP contribution in [0.25, 0.3) is 0 Å². The van der Waals surface area contributed by atoms with E-state index in [9.17, 15) is 5.11 Å². The van der Waals surface area contributed by atoms with Crippen LogP contribution in [0.15, 0.2) is 46.9 Å². The van der Waals surface area contributed by atoms with Crippen molar-refractivity contribution >= 4 is 21.6 Å². The van der Waals surface area contributed by atoms with Crippen molar-refractivity contribution in [2.45, 2.75) is 6.54 Å². The zero-order valence-electron chi connectivity index (χ0n) is 10.9. The van der Waals surface area contributed by atoms with Crippen molar-refractivity contribution in [3.8, 4) is 11.5 Å². The summed E-state index contributed by atoms with van der Waals surface area (Å²) in [7, 11) is 3.63. The van der Waals surface area contributed by atoms with E-state index in [4.69, 9.17) is 4.74 Å². The number of benzene rings is 2. The minimum absolute atomic E-state index is 0.282. The predicted molar refractivity (Wildman–Crippen MR) is 80.9 cm³/mol. The summed E-state index contributed by atoms with van der Waals surface area (Å²) in [4.78, 5) is 2.04. The number of aromatic hydroxyl groups is 1. The van der Waals surface area contributed by atoms with Crippen molar-refractivity contribution in [3.63, 3.8) is 0 Å². The highest BCUT2D eigenvalue weighted by molar-refractivity contribution is 9.10. The molecule has 1 N–H and O–H groups in total. The summed E-state index contributed by atoms with van der Waals surface area (Å²) in [6, 6.07) is 13.5. The third kappa shape index (κ3) is 3.01. The van der Waals surface area contributed by atoms with Gasteiger partial charge in [-0.25, -0.2) is 0 Å². The molecule has 0 unspecified atom stereocenters. The van der Waals surface area contributed by atoms with Crippen LogP contribution in [0.5, 0.6) is 11.5 Å². The van der Waals surface area contributed by atoms with E-state index in [1.54, 1.807) is 7.11 Å². The van der Waals surface area contributed by atoms with Gasteiger partial charge in [-0.3, -0.25) is 0 Å². The normalized spacial score (nSPS) is 10.3. The quantitative estimate of drug-likeness (QED) is 0.929. The second-order valence-electron chi connectivity index (χ2n) is 4.28. The molecule has 3 nitrogen and oxygen atoms in total. The van der Waals surface area contributed by atoms with E-state index in [2.05, 4.69) is 15.9 Å². The molecule has 0 saturated carbocycles. The summed E-state index contributed by atoms with van der Waals surface area (Å²) < 4.78 is 6.05. The van der Waals surface area contributed by atoms with Crippen LogP contribution in [-0.4, -0.2) is 19.3 Å². The summed E-state index contributed by atoms with van der Waals surface area (Å²) >= 11 is 3.33. The first kappa shape index (κ1) is 13.7. The monoisotopic (exact) mass is 321 g/mol. The Labute approximate surface area is 121 Å². The van der Waals surface area contributed by atoms with Gasteiger partial charge in [0.2, 0.25) is 0 Å². The first-order valence-corrected chi connectivity index (χ1v) is 6.73. The van der Waals surface area contributed by atoms with Crippen LogP contribution in [0.3, 0.4) is 0 Å². The summed E-state index contributed by atoms with van der Waals surface area (Å²) in [6.45, 7) is 0.603. The van der Waals surface area contributed by atoms with Gasteiger partial charge in [-0.2, -0.15) is 0 Å². The van der Waals surface area contributed by atoms with Crippen LogP contribution in [0.1, 0.15) is 5.56 Å². The van der Waals surface area contributed by atoms with Gasteiger partial charge in [0.05, 0.1) is 17.3 Å². The van der Waals surface area contributed by atoms with E-state index in [1.807, 2.05) is 54.4 Å². The number of anilines is 1. The molecule has 0 aliphatic rings. The van der Waals surface area contributed by atoms with E-state index < -0.39 is 0 Å². The second-order valence-corrected chi connectivity index (χ2v) is 5.13. The maximum absolute atomic E-state index is 10.0. The lowest BCUT2D eigenvalue weighted by atomic mass is 10.1. The van der Waals surface area contributed by atoms with Crippen LogP contribution < -0.4 is 9.64 Å². The van der Waals surface area contributed by atoms with E-state index in [0.717, 1.165) is 17.0 Å². The fourth-order valence-electron chi connectivity index (χ4n) is 1.97. The zero-order chi connectivity index (χ0) is 13.8. The molecule has 19 heavy (non-hydrogen) atoms. The number of para-hydroxylation sites is 3. The standard InChI is InChI=1S/C15H16BrNO2/c1-17(13-8-3-4-9-14(13)19-2)10-11-6-5-7-12(16)15(11)18/h3-9,18H,10H2,1-2H3. The maximum Gasteiger partial charge on any atom is 0.142 e. The van der Waals surface area contributed by atoms with E-state index in [-0.39, 0.29) is 5.75 Å². The number of phenolic OH excluding ortho intramolecular Hbond substituents is 1. The van der Waals surface area contributed by atoms with Crippen molar-refractivity contribution in [2.24, 2.45) is 0 Å². The maximum atomic E-state index is 10.0. The van der Waals surface area contributed by atoms with Crippen molar-refractivity contribution in [1.82, 2.24) is 0 Å². The number of ether oxygens (including phenoxy) is 1. The minimum atomic E-state index is 0.282. The van der Waals surface area contributed by atoms with Crippen LogP contribution in [0, 0.1) is 0 Å². The number of phenols is 1. The van der Waals surface area contributed by atoms with Crippen molar-refractivity contribution < 1.29 is 9.84 Å². The molecular weight excluding hydrogens is 306 g/mol. The molecule has 0 spiro atoms. The lowest BCUT2D eigenvalue weighted by Gasteiger charge is -2.22. The summed E-state index contributed by atoms with van der Waals surface area (Å²) in [6.07, 6.45) is 0. The highest BCUT2D eigenvalue weighted by atomic mass is 79.9. The van der Waals surface area contributed by atoms with Gasteiger partial charge in [-0.05, 0) is 34.1 Å². The smallest absolute Gasteiger partial charge is 0.142 e. The molecule has 0 bridgehead atoms. The Morgan fingerprint density at radius 3 is 2.63 bits per heavy atom. The van der Waals surface area contributed by atoms with Gasteiger partial charge in [-0.1, -0.05) is 24.3 Å². The molecular formula is C15H16BrNO2. The minimum Gasteiger partial charge on any atom is -0.506 e. The molecule has 0 radical (unpaired) electrons. The number of methoxy groups -OCH3 is 1. The molecule has 2 aromatic carbocycles. The van der Waals surface area contributed by atoms with E-state index in [1.165, 1.54) is 0 Å². The highest BCUT2D eigenvalue weighted by Crippen LogP contribution is 2.32. The van der Waals surface area contributed by atoms with Crippen molar-refractivity contribution in [3.05, 3.63) is 52.5 Å².